The molecule has 6 heteroatoms. The second-order valence-electron chi connectivity index (χ2n) is 5.16. The standard InChI is InChI=1S/C15H19NO5/c1-9(2)21-15(18)10(3)7-16-14(17)11-4-5-12-13(6-11)20-8-19-12/h4-6,9-10H,7-8H2,1-3H3,(H,16,17). The third kappa shape index (κ3) is 3.87. The Kier molecular flexibility index (Phi) is 4.67. The average molecular weight is 293 g/mol. The van der Waals surface area contributed by atoms with Crippen molar-refractivity contribution in [1.29, 1.82) is 0 Å². The minimum atomic E-state index is -0.398. The summed E-state index contributed by atoms with van der Waals surface area (Å²) in [5, 5.41) is 2.71. The highest BCUT2D eigenvalue weighted by Crippen LogP contribution is 2.32. The van der Waals surface area contributed by atoms with Crippen LogP contribution in [0, 0.1) is 5.92 Å². The summed E-state index contributed by atoms with van der Waals surface area (Å²) in [6, 6.07) is 4.96. The van der Waals surface area contributed by atoms with Gasteiger partial charge in [-0.2, -0.15) is 0 Å². The van der Waals surface area contributed by atoms with Gasteiger partial charge in [0.2, 0.25) is 6.79 Å². The highest BCUT2D eigenvalue weighted by atomic mass is 16.7. The van der Waals surface area contributed by atoms with E-state index in [1.165, 1.54) is 0 Å². The van der Waals surface area contributed by atoms with Crippen LogP contribution in [-0.2, 0) is 9.53 Å². The van der Waals surface area contributed by atoms with Gasteiger partial charge < -0.3 is 19.5 Å². The van der Waals surface area contributed by atoms with E-state index in [0.29, 0.717) is 17.1 Å². The zero-order valence-electron chi connectivity index (χ0n) is 12.3. The molecule has 1 atom stereocenters. The Bertz CT molecular complexity index is 541. The van der Waals surface area contributed by atoms with E-state index >= 15 is 0 Å². The number of benzene rings is 1. The van der Waals surface area contributed by atoms with Crippen molar-refractivity contribution in [2.24, 2.45) is 5.92 Å². The Morgan fingerprint density at radius 1 is 1.24 bits per heavy atom. The second-order valence-corrected chi connectivity index (χ2v) is 5.16. The third-order valence-corrected chi connectivity index (χ3v) is 2.96. The van der Waals surface area contributed by atoms with Crippen molar-refractivity contribution in [2.75, 3.05) is 13.3 Å². The molecule has 1 unspecified atom stereocenters. The number of hydrogen-bond acceptors (Lipinski definition) is 5. The zero-order valence-corrected chi connectivity index (χ0v) is 12.3. The van der Waals surface area contributed by atoms with Crippen LogP contribution in [0.15, 0.2) is 18.2 Å². The zero-order chi connectivity index (χ0) is 15.4. The Morgan fingerprint density at radius 2 is 1.95 bits per heavy atom. The van der Waals surface area contributed by atoms with Crippen molar-refractivity contribution in [3.63, 3.8) is 0 Å². The first-order valence-corrected chi connectivity index (χ1v) is 6.85. The quantitative estimate of drug-likeness (QED) is 0.837. The molecule has 1 aliphatic heterocycles. The molecule has 21 heavy (non-hydrogen) atoms. The normalized spacial score (nSPS) is 13.9. The van der Waals surface area contributed by atoms with Gasteiger partial charge in [0, 0.05) is 12.1 Å². The second kappa shape index (κ2) is 6.47. The molecule has 1 N–H and O–H groups in total. The molecule has 6 nitrogen and oxygen atoms in total. The summed E-state index contributed by atoms with van der Waals surface area (Å²) in [7, 11) is 0. The molecule has 114 valence electrons. The monoisotopic (exact) mass is 293 g/mol. The van der Waals surface area contributed by atoms with Gasteiger partial charge in [-0.25, -0.2) is 0 Å². The number of amides is 1. The minimum absolute atomic E-state index is 0.162. The molecule has 0 fully saturated rings. The van der Waals surface area contributed by atoms with Crippen LogP contribution in [0.5, 0.6) is 11.5 Å². The van der Waals surface area contributed by atoms with E-state index in [0.717, 1.165) is 0 Å². The molecule has 0 radical (unpaired) electrons. The fraction of sp³-hybridized carbons (Fsp3) is 0.467. The van der Waals surface area contributed by atoms with Crippen LogP contribution in [0.2, 0.25) is 0 Å². The molecule has 0 aromatic heterocycles. The largest absolute Gasteiger partial charge is 0.463 e. The summed E-state index contributed by atoms with van der Waals surface area (Å²) in [5.41, 5.74) is 0.462. The van der Waals surface area contributed by atoms with E-state index in [4.69, 9.17) is 14.2 Å². The topological polar surface area (TPSA) is 73.9 Å². The van der Waals surface area contributed by atoms with Gasteiger partial charge in [-0.1, -0.05) is 6.92 Å². The number of esters is 1. The van der Waals surface area contributed by atoms with Crippen LogP contribution in [-0.4, -0.2) is 31.3 Å². The predicted molar refractivity (Wildman–Crippen MR) is 75.3 cm³/mol. The molecule has 1 heterocycles. The maximum atomic E-state index is 12.0. The van der Waals surface area contributed by atoms with E-state index in [2.05, 4.69) is 5.32 Å². The number of ether oxygens (including phenoxy) is 3. The van der Waals surface area contributed by atoms with Crippen LogP contribution in [0.3, 0.4) is 0 Å². The van der Waals surface area contributed by atoms with E-state index in [1.54, 1.807) is 39.0 Å². The molecule has 0 spiro atoms. The molecular formula is C15H19NO5. The first-order valence-electron chi connectivity index (χ1n) is 6.85. The highest BCUT2D eigenvalue weighted by Gasteiger charge is 2.19. The number of fused-ring (bicyclic) bond motifs is 1. The smallest absolute Gasteiger partial charge is 0.310 e. The molecule has 0 aliphatic carbocycles. The van der Waals surface area contributed by atoms with Gasteiger partial charge >= 0.3 is 5.97 Å². The number of nitrogens with one attached hydrogen (secondary N) is 1. The first-order chi connectivity index (χ1) is 9.97. The van der Waals surface area contributed by atoms with Crippen molar-refractivity contribution in [1.82, 2.24) is 5.32 Å². The van der Waals surface area contributed by atoms with Crippen molar-refractivity contribution in [2.45, 2.75) is 26.9 Å². The lowest BCUT2D eigenvalue weighted by atomic mass is 10.1. The summed E-state index contributed by atoms with van der Waals surface area (Å²) in [5.74, 6) is 0.189. The van der Waals surface area contributed by atoms with Gasteiger partial charge in [0.1, 0.15) is 0 Å². The van der Waals surface area contributed by atoms with Gasteiger partial charge in [0.15, 0.2) is 11.5 Å². The molecule has 0 saturated heterocycles. The SMILES string of the molecule is CC(C)OC(=O)C(C)CNC(=O)c1ccc2c(c1)OCO2. The maximum Gasteiger partial charge on any atom is 0.310 e. The Balaban J connectivity index is 1.88. The van der Waals surface area contributed by atoms with Gasteiger partial charge in [0.05, 0.1) is 12.0 Å². The van der Waals surface area contributed by atoms with Crippen LogP contribution in [0.25, 0.3) is 0 Å². The lowest BCUT2D eigenvalue weighted by molar-refractivity contribution is -0.151. The molecule has 2 rings (SSSR count). The molecule has 1 aliphatic rings. The van der Waals surface area contributed by atoms with E-state index in [1.807, 2.05) is 0 Å². The molecule has 1 aromatic rings. The third-order valence-electron chi connectivity index (χ3n) is 2.96. The number of carbonyl (C=O) groups excluding carboxylic acids is 2. The molecule has 1 aromatic carbocycles. The Morgan fingerprint density at radius 3 is 2.67 bits per heavy atom. The number of carbonyl (C=O) groups is 2. The van der Waals surface area contributed by atoms with E-state index in [9.17, 15) is 9.59 Å². The summed E-state index contributed by atoms with van der Waals surface area (Å²) in [6.07, 6.45) is -0.162. The van der Waals surface area contributed by atoms with Crippen LogP contribution >= 0.6 is 0 Å². The minimum Gasteiger partial charge on any atom is -0.463 e. The molecule has 0 bridgehead atoms. The number of rotatable bonds is 5. The van der Waals surface area contributed by atoms with Crippen LogP contribution in [0.1, 0.15) is 31.1 Å². The highest BCUT2D eigenvalue weighted by molar-refractivity contribution is 5.95. The van der Waals surface area contributed by atoms with E-state index in [-0.39, 0.29) is 31.3 Å². The lowest BCUT2D eigenvalue weighted by Crippen LogP contribution is -2.33. The first kappa shape index (κ1) is 15.2. The summed E-state index contributed by atoms with van der Waals surface area (Å²) in [6.45, 7) is 5.67. The fourth-order valence-electron chi connectivity index (χ4n) is 1.82. The van der Waals surface area contributed by atoms with Crippen LogP contribution in [0.4, 0.5) is 0 Å². The van der Waals surface area contributed by atoms with E-state index < -0.39 is 5.92 Å². The van der Waals surface area contributed by atoms with Crippen molar-refractivity contribution < 1.29 is 23.8 Å². The van der Waals surface area contributed by atoms with Gasteiger partial charge in [0.25, 0.3) is 5.91 Å². The van der Waals surface area contributed by atoms with Gasteiger partial charge in [-0.05, 0) is 32.0 Å². The Labute approximate surface area is 123 Å². The summed E-state index contributed by atoms with van der Waals surface area (Å²) in [4.78, 5) is 23.7. The Hall–Kier alpha value is -2.24. The van der Waals surface area contributed by atoms with Crippen molar-refractivity contribution in [3.05, 3.63) is 23.8 Å². The molecular weight excluding hydrogens is 274 g/mol. The fourth-order valence-corrected chi connectivity index (χ4v) is 1.82. The summed E-state index contributed by atoms with van der Waals surface area (Å²) < 4.78 is 15.5. The average Bonchev–Trinajstić information content (AvgIpc) is 2.90. The van der Waals surface area contributed by atoms with Crippen molar-refractivity contribution in [3.8, 4) is 11.5 Å². The molecule has 1 amide bonds. The van der Waals surface area contributed by atoms with Crippen LogP contribution < -0.4 is 14.8 Å². The van der Waals surface area contributed by atoms with Gasteiger partial charge in [-0.15, -0.1) is 0 Å². The summed E-state index contributed by atoms with van der Waals surface area (Å²) >= 11 is 0. The lowest BCUT2D eigenvalue weighted by Gasteiger charge is -2.14. The van der Waals surface area contributed by atoms with Gasteiger partial charge in [-0.3, -0.25) is 9.59 Å². The van der Waals surface area contributed by atoms with Crippen molar-refractivity contribution >= 4 is 11.9 Å². The number of hydrogen-bond donors (Lipinski definition) is 1. The maximum absolute atomic E-state index is 12.0. The molecule has 0 saturated carbocycles. The predicted octanol–water partition coefficient (Wildman–Crippen LogP) is 1.73.